The SMILES string of the molecule is COc1cc(C(=O)Nc2ccn(CC(=O)O)n2)ccc1OC(C)C. The number of hydrogen-bond acceptors (Lipinski definition) is 5. The van der Waals surface area contributed by atoms with Gasteiger partial charge in [-0.2, -0.15) is 5.10 Å². The topological polar surface area (TPSA) is 103 Å². The molecule has 1 amide bonds. The second-order valence-electron chi connectivity index (χ2n) is 5.28. The van der Waals surface area contributed by atoms with E-state index in [0.717, 1.165) is 0 Å². The molecule has 0 spiro atoms. The van der Waals surface area contributed by atoms with E-state index >= 15 is 0 Å². The molecule has 8 nitrogen and oxygen atoms in total. The van der Waals surface area contributed by atoms with Crippen molar-refractivity contribution in [2.45, 2.75) is 26.5 Å². The van der Waals surface area contributed by atoms with Gasteiger partial charge in [-0.25, -0.2) is 0 Å². The van der Waals surface area contributed by atoms with Crippen molar-refractivity contribution in [3.63, 3.8) is 0 Å². The molecule has 0 bridgehead atoms. The number of rotatable bonds is 7. The van der Waals surface area contributed by atoms with Gasteiger partial charge in [0.05, 0.1) is 13.2 Å². The standard InChI is InChI=1S/C16H19N3O5/c1-10(2)24-12-5-4-11(8-13(12)23-3)16(22)17-14-6-7-19(18-14)9-15(20)21/h4-8,10H,9H2,1-3H3,(H,20,21)(H,17,18,22). The third-order valence-electron chi connectivity index (χ3n) is 2.97. The van der Waals surface area contributed by atoms with Gasteiger partial charge >= 0.3 is 5.97 Å². The molecule has 1 aromatic heterocycles. The Bertz CT molecular complexity index is 739. The molecule has 0 radical (unpaired) electrons. The first kappa shape index (κ1) is 17.3. The third-order valence-corrected chi connectivity index (χ3v) is 2.97. The Morgan fingerprint density at radius 3 is 2.67 bits per heavy atom. The van der Waals surface area contributed by atoms with Crippen LogP contribution in [0.1, 0.15) is 24.2 Å². The van der Waals surface area contributed by atoms with Crippen molar-refractivity contribution < 1.29 is 24.2 Å². The van der Waals surface area contributed by atoms with Crippen LogP contribution in [0.4, 0.5) is 5.82 Å². The zero-order valence-corrected chi connectivity index (χ0v) is 13.6. The van der Waals surface area contributed by atoms with Crippen LogP contribution in [0.3, 0.4) is 0 Å². The maximum Gasteiger partial charge on any atom is 0.325 e. The highest BCUT2D eigenvalue weighted by Gasteiger charge is 2.13. The quantitative estimate of drug-likeness (QED) is 0.803. The number of aliphatic carboxylic acids is 1. The predicted octanol–water partition coefficient (Wildman–Crippen LogP) is 2.02. The van der Waals surface area contributed by atoms with Gasteiger partial charge < -0.3 is 19.9 Å². The van der Waals surface area contributed by atoms with Crippen LogP contribution in [0.5, 0.6) is 11.5 Å². The third kappa shape index (κ3) is 4.48. The lowest BCUT2D eigenvalue weighted by Crippen LogP contribution is -2.14. The van der Waals surface area contributed by atoms with E-state index in [-0.39, 0.29) is 24.4 Å². The lowest BCUT2D eigenvalue weighted by molar-refractivity contribution is -0.137. The molecule has 0 fully saturated rings. The zero-order valence-electron chi connectivity index (χ0n) is 13.6. The molecule has 0 saturated heterocycles. The van der Waals surface area contributed by atoms with Gasteiger partial charge in [0, 0.05) is 17.8 Å². The zero-order chi connectivity index (χ0) is 17.7. The summed E-state index contributed by atoms with van der Waals surface area (Å²) >= 11 is 0. The molecule has 0 aliphatic carbocycles. The summed E-state index contributed by atoms with van der Waals surface area (Å²) in [5.41, 5.74) is 0.371. The van der Waals surface area contributed by atoms with Gasteiger partial charge in [-0.3, -0.25) is 14.3 Å². The number of carbonyl (C=O) groups excluding carboxylic acids is 1. The fourth-order valence-electron chi connectivity index (χ4n) is 2.00. The number of benzene rings is 1. The van der Waals surface area contributed by atoms with Gasteiger partial charge in [-0.15, -0.1) is 0 Å². The van der Waals surface area contributed by atoms with Gasteiger partial charge in [-0.1, -0.05) is 0 Å². The van der Waals surface area contributed by atoms with E-state index in [0.29, 0.717) is 17.1 Å². The molecule has 1 aromatic carbocycles. The second-order valence-corrected chi connectivity index (χ2v) is 5.28. The fraction of sp³-hybridized carbons (Fsp3) is 0.312. The molecule has 0 unspecified atom stereocenters. The summed E-state index contributed by atoms with van der Waals surface area (Å²) in [6.45, 7) is 3.52. The van der Waals surface area contributed by atoms with E-state index in [1.54, 1.807) is 18.2 Å². The Labute approximate surface area is 139 Å². The van der Waals surface area contributed by atoms with Crippen molar-refractivity contribution in [3.05, 3.63) is 36.0 Å². The molecule has 24 heavy (non-hydrogen) atoms. The molecule has 0 saturated carbocycles. The fourth-order valence-corrected chi connectivity index (χ4v) is 2.00. The number of carbonyl (C=O) groups is 2. The van der Waals surface area contributed by atoms with E-state index in [4.69, 9.17) is 14.6 Å². The van der Waals surface area contributed by atoms with E-state index in [1.807, 2.05) is 13.8 Å². The lowest BCUT2D eigenvalue weighted by atomic mass is 10.2. The van der Waals surface area contributed by atoms with Crippen LogP contribution in [-0.2, 0) is 11.3 Å². The lowest BCUT2D eigenvalue weighted by Gasteiger charge is -2.14. The van der Waals surface area contributed by atoms with E-state index in [9.17, 15) is 9.59 Å². The number of hydrogen-bond donors (Lipinski definition) is 2. The normalized spacial score (nSPS) is 10.5. The van der Waals surface area contributed by atoms with Crippen LogP contribution in [0.15, 0.2) is 30.5 Å². The number of amides is 1. The maximum absolute atomic E-state index is 12.3. The average molecular weight is 333 g/mol. The first-order valence-corrected chi connectivity index (χ1v) is 7.30. The monoisotopic (exact) mass is 333 g/mol. The molecule has 0 aliphatic rings. The van der Waals surface area contributed by atoms with Crippen LogP contribution < -0.4 is 14.8 Å². The molecule has 0 atom stereocenters. The first-order chi connectivity index (χ1) is 11.4. The highest BCUT2D eigenvalue weighted by atomic mass is 16.5. The predicted molar refractivity (Wildman–Crippen MR) is 86.6 cm³/mol. The molecule has 128 valence electrons. The smallest absolute Gasteiger partial charge is 0.325 e. The van der Waals surface area contributed by atoms with Crippen molar-refractivity contribution in [3.8, 4) is 11.5 Å². The van der Waals surface area contributed by atoms with Gasteiger partial charge in [0.25, 0.3) is 5.91 Å². The minimum absolute atomic E-state index is 0.0169. The number of ether oxygens (including phenoxy) is 2. The Morgan fingerprint density at radius 1 is 1.29 bits per heavy atom. The minimum atomic E-state index is -1.01. The van der Waals surface area contributed by atoms with Crippen LogP contribution >= 0.6 is 0 Å². The number of carboxylic acids is 1. The molecule has 2 rings (SSSR count). The highest BCUT2D eigenvalue weighted by molar-refractivity contribution is 6.04. The Kier molecular flexibility index (Phi) is 5.41. The van der Waals surface area contributed by atoms with Gasteiger partial charge in [-0.05, 0) is 32.0 Å². The number of nitrogens with zero attached hydrogens (tertiary/aromatic N) is 2. The van der Waals surface area contributed by atoms with Crippen molar-refractivity contribution in [1.82, 2.24) is 9.78 Å². The van der Waals surface area contributed by atoms with Crippen molar-refractivity contribution in [1.29, 1.82) is 0 Å². The van der Waals surface area contributed by atoms with E-state index in [1.165, 1.54) is 24.1 Å². The maximum atomic E-state index is 12.3. The number of methoxy groups -OCH3 is 1. The Morgan fingerprint density at radius 2 is 2.04 bits per heavy atom. The summed E-state index contributed by atoms with van der Waals surface area (Å²) in [5.74, 6) is -0.128. The molecule has 2 N–H and O–H groups in total. The molecule has 1 heterocycles. The summed E-state index contributed by atoms with van der Waals surface area (Å²) in [5, 5.41) is 15.3. The summed E-state index contributed by atoms with van der Waals surface area (Å²) in [4.78, 5) is 22.9. The molecule has 2 aromatic rings. The van der Waals surface area contributed by atoms with Crippen LogP contribution in [0, 0.1) is 0 Å². The van der Waals surface area contributed by atoms with Crippen molar-refractivity contribution >= 4 is 17.7 Å². The molecule has 0 aliphatic heterocycles. The highest BCUT2D eigenvalue weighted by Crippen LogP contribution is 2.29. The van der Waals surface area contributed by atoms with Crippen molar-refractivity contribution in [2.75, 3.05) is 12.4 Å². The first-order valence-electron chi connectivity index (χ1n) is 7.30. The van der Waals surface area contributed by atoms with Crippen LogP contribution in [0.2, 0.25) is 0 Å². The van der Waals surface area contributed by atoms with Gasteiger partial charge in [0.1, 0.15) is 6.54 Å². The van der Waals surface area contributed by atoms with Crippen molar-refractivity contribution in [2.24, 2.45) is 0 Å². The Hall–Kier alpha value is -3.03. The largest absolute Gasteiger partial charge is 0.493 e. The minimum Gasteiger partial charge on any atom is -0.493 e. The number of anilines is 1. The van der Waals surface area contributed by atoms with Gasteiger partial charge in [0.15, 0.2) is 17.3 Å². The summed E-state index contributed by atoms with van der Waals surface area (Å²) < 4.78 is 12.1. The Balaban J connectivity index is 2.11. The summed E-state index contributed by atoms with van der Waals surface area (Å²) in [6, 6.07) is 6.37. The molecule has 8 heteroatoms. The number of aromatic nitrogens is 2. The number of carboxylic acid groups (broad SMARTS) is 1. The summed E-state index contributed by atoms with van der Waals surface area (Å²) in [6.07, 6.45) is 1.46. The van der Waals surface area contributed by atoms with Gasteiger partial charge in [0.2, 0.25) is 0 Å². The average Bonchev–Trinajstić information content (AvgIpc) is 2.93. The molecular weight excluding hydrogens is 314 g/mol. The van der Waals surface area contributed by atoms with E-state index in [2.05, 4.69) is 10.4 Å². The number of nitrogens with one attached hydrogen (secondary N) is 1. The van der Waals surface area contributed by atoms with Crippen LogP contribution in [-0.4, -0.2) is 40.0 Å². The second kappa shape index (κ2) is 7.49. The summed E-state index contributed by atoms with van der Waals surface area (Å²) in [7, 11) is 1.50. The van der Waals surface area contributed by atoms with Crippen LogP contribution in [0.25, 0.3) is 0 Å². The van der Waals surface area contributed by atoms with E-state index < -0.39 is 5.97 Å². The molecular formula is C16H19N3O5.